The maximum atomic E-state index is 11.6. The van der Waals surface area contributed by atoms with Crippen molar-refractivity contribution in [2.45, 2.75) is 38.5 Å². The van der Waals surface area contributed by atoms with E-state index >= 15 is 0 Å². The van der Waals surface area contributed by atoms with Gasteiger partial charge in [-0.1, -0.05) is 185 Å². The minimum atomic E-state index is -0.175. The Labute approximate surface area is 518 Å². The van der Waals surface area contributed by atoms with Gasteiger partial charge >= 0.3 is 0 Å². The Morgan fingerprint density at radius 3 is 1.03 bits per heavy atom. The Hall–Kier alpha value is -11.1. The van der Waals surface area contributed by atoms with Crippen molar-refractivity contribution in [3.63, 3.8) is 0 Å². The first-order valence-electron chi connectivity index (χ1n) is 30.9. The van der Waals surface area contributed by atoms with Gasteiger partial charge in [-0.15, -0.1) is 0 Å². The van der Waals surface area contributed by atoms with Gasteiger partial charge in [-0.25, -0.2) is 0 Å². The minimum absolute atomic E-state index is 0.175. The number of hydrogen-bond donors (Lipinski definition) is 1. The summed E-state index contributed by atoms with van der Waals surface area (Å²) in [5, 5.41) is 16.4. The largest absolute Gasteiger partial charge is 0.508 e. The third kappa shape index (κ3) is 8.22. The van der Waals surface area contributed by atoms with Gasteiger partial charge in [0, 0.05) is 77.9 Å². The fourth-order valence-electron chi connectivity index (χ4n) is 15.0. The molecule has 0 saturated carbocycles. The first-order chi connectivity index (χ1) is 43.5. The molecule has 2 aliphatic rings. The molecule has 0 amide bonds. The molecule has 0 radical (unpaired) electrons. The second-order valence-corrected chi connectivity index (χ2v) is 25.1. The van der Waals surface area contributed by atoms with Crippen LogP contribution in [0.3, 0.4) is 0 Å². The molecular formula is C84H62N4O. The van der Waals surface area contributed by atoms with Gasteiger partial charge in [0.15, 0.2) is 0 Å². The quantitative estimate of drug-likeness (QED) is 0.148. The third-order valence-electron chi connectivity index (χ3n) is 19.3. The highest BCUT2D eigenvalue weighted by molar-refractivity contribution is 6.12. The van der Waals surface area contributed by atoms with Gasteiger partial charge in [-0.2, -0.15) is 0 Å². The van der Waals surface area contributed by atoms with Crippen LogP contribution in [0.2, 0.25) is 0 Å². The van der Waals surface area contributed by atoms with Gasteiger partial charge in [0.2, 0.25) is 0 Å². The molecule has 2 aliphatic carbocycles. The van der Waals surface area contributed by atoms with Crippen LogP contribution in [0.25, 0.3) is 99.5 Å². The number of aromatic hydroxyl groups is 1. The first-order valence-corrected chi connectivity index (χ1v) is 30.9. The lowest BCUT2D eigenvalue weighted by Crippen LogP contribution is -2.16. The summed E-state index contributed by atoms with van der Waals surface area (Å²) in [5.41, 5.74) is 27.3. The van der Waals surface area contributed by atoms with Crippen LogP contribution < -0.4 is 9.80 Å². The highest BCUT2D eigenvalue weighted by atomic mass is 16.3. The number of phenols is 1. The monoisotopic (exact) mass is 1140 g/mol. The minimum Gasteiger partial charge on any atom is -0.508 e. The highest BCUT2D eigenvalue weighted by Gasteiger charge is 2.37. The maximum absolute atomic E-state index is 11.6. The molecule has 13 aromatic carbocycles. The van der Waals surface area contributed by atoms with E-state index in [2.05, 4.69) is 332 Å². The molecule has 0 atom stereocenters. The Morgan fingerprint density at radius 2 is 0.596 bits per heavy atom. The summed E-state index contributed by atoms with van der Waals surface area (Å²) in [4.78, 5) is 4.80. The summed E-state index contributed by atoms with van der Waals surface area (Å²) in [6, 6.07) is 108. The molecule has 0 bridgehead atoms. The normalized spacial score (nSPS) is 13.4. The van der Waals surface area contributed by atoms with E-state index in [0.717, 1.165) is 78.8 Å². The first kappa shape index (κ1) is 52.2. The molecule has 424 valence electrons. The van der Waals surface area contributed by atoms with Crippen molar-refractivity contribution < 1.29 is 5.11 Å². The zero-order valence-electron chi connectivity index (χ0n) is 50.0. The predicted molar refractivity (Wildman–Crippen MR) is 372 cm³/mol. The van der Waals surface area contributed by atoms with E-state index in [9.17, 15) is 5.11 Å². The molecule has 0 fully saturated rings. The highest BCUT2D eigenvalue weighted by Crippen LogP contribution is 2.53. The summed E-state index contributed by atoms with van der Waals surface area (Å²) in [6.07, 6.45) is 0. The molecule has 0 aliphatic heterocycles. The molecule has 0 spiro atoms. The van der Waals surface area contributed by atoms with E-state index in [-0.39, 0.29) is 16.6 Å². The third-order valence-corrected chi connectivity index (χ3v) is 19.3. The van der Waals surface area contributed by atoms with Crippen molar-refractivity contribution in [1.82, 2.24) is 9.13 Å². The van der Waals surface area contributed by atoms with Crippen LogP contribution in [0.1, 0.15) is 49.9 Å². The number of rotatable bonds is 10. The van der Waals surface area contributed by atoms with Crippen LogP contribution in [0, 0.1) is 0 Å². The number of para-hydroxylation sites is 4. The fourth-order valence-corrected chi connectivity index (χ4v) is 15.0. The molecule has 15 aromatic rings. The van der Waals surface area contributed by atoms with Gasteiger partial charge in [-0.3, -0.25) is 0 Å². The zero-order valence-corrected chi connectivity index (χ0v) is 50.0. The number of phenolic OH excluding ortho intramolecular Hbond substituents is 1. The van der Waals surface area contributed by atoms with Crippen LogP contribution >= 0.6 is 0 Å². The molecular weight excluding hydrogens is 1080 g/mol. The van der Waals surface area contributed by atoms with E-state index in [1.165, 1.54) is 77.1 Å². The Balaban J connectivity index is 0.749. The van der Waals surface area contributed by atoms with Gasteiger partial charge in [0.25, 0.3) is 0 Å². The van der Waals surface area contributed by atoms with Crippen LogP contribution in [0.15, 0.2) is 297 Å². The number of fused-ring (bicyclic) bond motifs is 12. The summed E-state index contributed by atoms with van der Waals surface area (Å²) >= 11 is 0. The van der Waals surface area contributed by atoms with E-state index in [1.807, 2.05) is 12.1 Å². The predicted octanol–water partition coefficient (Wildman–Crippen LogP) is 22.5. The van der Waals surface area contributed by atoms with Gasteiger partial charge < -0.3 is 24.0 Å². The number of nitrogens with zero attached hydrogens (tertiary/aromatic N) is 4. The van der Waals surface area contributed by atoms with Crippen LogP contribution in [-0.4, -0.2) is 14.2 Å². The lowest BCUT2D eigenvalue weighted by molar-refractivity contribution is 0.476. The average Bonchev–Trinajstić information content (AvgIpc) is 1.66. The van der Waals surface area contributed by atoms with Crippen molar-refractivity contribution in [3.05, 3.63) is 320 Å². The number of aromatic nitrogens is 2. The van der Waals surface area contributed by atoms with Gasteiger partial charge in [-0.05, 0) is 206 Å². The van der Waals surface area contributed by atoms with Crippen LogP contribution in [-0.2, 0) is 10.8 Å². The molecule has 5 heteroatoms. The molecule has 17 rings (SSSR count). The second-order valence-electron chi connectivity index (χ2n) is 25.1. The number of hydrogen-bond acceptors (Lipinski definition) is 3. The van der Waals surface area contributed by atoms with Crippen molar-refractivity contribution in [2.75, 3.05) is 9.80 Å². The smallest absolute Gasteiger partial charge is 0.116 e. The SMILES string of the molecule is CC1(C)c2ccccc2-c2ccc(N(c3ccc(-c4cc(O)cc(-c5ccc(N(c6ccc7c(c6)C(C)(C)c6ccccc6-7)c6ccc7c(c6)c6ccccc6n7-c6ccccc6)cc5)c4)cc3)c3ccc4c(c3)c3ccccc3n4-c3ccccc3)cc21. The molecule has 5 nitrogen and oxygen atoms in total. The Morgan fingerprint density at radius 1 is 0.258 bits per heavy atom. The van der Waals surface area contributed by atoms with E-state index in [1.54, 1.807) is 0 Å². The Kier molecular flexibility index (Phi) is 11.7. The summed E-state index contributed by atoms with van der Waals surface area (Å²) in [5.74, 6) is 0.211. The molecule has 2 heterocycles. The van der Waals surface area contributed by atoms with E-state index < -0.39 is 0 Å². The van der Waals surface area contributed by atoms with Crippen LogP contribution in [0.5, 0.6) is 5.75 Å². The maximum Gasteiger partial charge on any atom is 0.116 e. The molecule has 89 heavy (non-hydrogen) atoms. The van der Waals surface area contributed by atoms with Crippen LogP contribution in [0.4, 0.5) is 34.1 Å². The van der Waals surface area contributed by atoms with Crippen molar-refractivity contribution >= 4 is 77.7 Å². The Bertz CT molecular complexity index is 4990. The zero-order chi connectivity index (χ0) is 59.7. The van der Waals surface area contributed by atoms with Gasteiger partial charge in [0.1, 0.15) is 5.75 Å². The average molecular weight is 1140 g/mol. The number of anilines is 6. The second kappa shape index (κ2) is 20.0. The topological polar surface area (TPSA) is 36.6 Å². The summed E-state index contributed by atoms with van der Waals surface area (Å²) in [6.45, 7) is 9.39. The van der Waals surface area contributed by atoms with Crippen molar-refractivity contribution in [3.8, 4) is 61.6 Å². The standard InChI is InChI=1S/C84H62N4O/c1-83(2)75-27-15-11-23-67(75)69-43-39-64(52-77(69)83)85(62-41-45-81-73(50-62)71-25-13-17-29-79(71)87(81)58-19-7-5-8-20-58)60-35-31-54(32-36-60)56-47-57(49-66(89)48-56)55-33-37-61(38-34-55)86(65-40-44-70-68-24-12-16-28-76(68)84(3,4)78(70)53-65)63-42-46-82-74(51-63)72-26-14-18-30-80(72)88(82)59-21-9-6-10-22-59/h5-53,89H,1-4H3. The summed E-state index contributed by atoms with van der Waals surface area (Å²) < 4.78 is 4.75. The lowest BCUT2D eigenvalue weighted by Gasteiger charge is -2.28. The van der Waals surface area contributed by atoms with Crippen molar-refractivity contribution in [2.24, 2.45) is 0 Å². The van der Waals surface area contributed by atoms with Gasteiger partial charge in [0.05, 0.1) is 22.1 Å². The molecule has 0 saturated heterocycles. The lowest BCUT2D eigenvalue weighted by atomic mass is 9.82. The van der Waals surface area contributed by atoms with Crippen molar-refractivity contribution in [1.29, 1.82) is 0 Å². The van der Waals surface area contributed by atoms with E-state index in [0.29, 0.717) is 0 Å². The van der Waals surface area contributed by atoms with E-state index in [4.69, 9.17) is 0 Å². The molecule has 2 aromatic heterocycles. The summed E-state index contributed by atoms with van der Waals surface area (Å²) in [7, 11) is 0. The number of benzene rings is 13. The fraction of sp³-hybridized carbons (Fsp3) is 0.0714. The molecule has 1 N–H and O–H groups in total. The molecule has 0 unspecified atom stereocenters.